The molecular formula is C36H50F6O3. The van der Waals surface area contributed by atoms with Gasteiger partial charge in [0.05, 0.1) is 5.92 Å². The van der Waals surface area contributed by atoms with Crippen LogP contribution in [0.1, 0.15) is 146 Å². The summed E-state index contributed by atoms with van der Waals surface area (Å²) in [5, 5.41) is 19.6. The first-order chi connectivity index (χ1) is 21.2. The molecule has 0 amide bonds. The molecule has 3 fully saturated rings. The summed E-state index contributed by atoms with van der Waals surface area (Å²) in [5.41, 5.74) is 2.61. The van der Waals surface area contributed by atoms with Gasteiger partial charge in [0.1, 0.15) is 11.9 Å². The molecular weight excluding hydrogens is 594 g/mol. The van der Waals surface area contributed by atoms with E-state index in [9.17, 15) is 37.0 Å². The molecule has 4 aliphatic rings. The Morgan fingerprint density at radius 2 is 1.53 bits per heavy atom. The molecule has 0 bridgehead atoms. The van der Waals surface area contributed by atoms with Gasteiger partial charge in [0.15, 0.2) is 0 Å². The van der Waals surface area contributed by atoms with E-state index in [4.69, 9.17) is 0 Å². The van der Waals surface area contributed by atoms with E-state index in [0.717, 1.165) is 56.9 Å². The van der Waals surface area contributed by atoms with Crippen LogP contribution in [0.5, 0.6) is 5.75 Å². The summed E-state index contributed by atoms with van der Waals surface area (Å²) in [4.78, 5) is 11.5. The first-order valence-corrected chi connectivity index (χ1v) is 17.3. The minimum atomic E-state index is -5.61. The first-order valence-electron chi connectivity index (χ1n) is 17.3. The van der Waals surface area contributed by atoms with Crippen LogP contribution in [0, 0.1) is 34.5 Å². The lowest BCUT2D eigenvalue weighted by molar-refractivity contribution is -0.284. The predicted molar refractivity (Wildman–Crippen MR) is 161 cm³/mol. The van der Waals surface area contributed by atoms with Gasteiger partial charge >= 0.3 is 18.1 Å². The third-order valence-corrected chi connectivity index (χ3v) is 12.8. The van der Waals surface area contributed by atoms with E-state index in [0.29, 0.717) is 40.6 Å². The molecule has 7 atom stereocenters. The largest absolute Gasteiger partial charge is 0.508 e. The van der Waals surface area contributed by atoms with E-state index in [1.54, 1.807) is 12.1 Å². The fraction of sp³-hybridized carbons (Fsp3) is 0.806. The third-order valence-electron chi connectivity index (χ3n) is 12.8. The number of aromatic hydroxyl groups is 1. The number of hydrogen-bond acceptors (Lipinski definition) is 2. The zero-order valence-electron chi connectivity index (χ0n) is 26.5. The van der Waals surface area contributed by atoms with Crippen molar-refractivity contribution >= 4 is 5.97 Å². The Kier molecular flexibility index (Phi) is 10.2. The maximum atomic E-state index is 16.4. The zero-order valence-corrected chi connectivity index (χ0v) is 26.5. The highest BCUT2D eigenvalue weighted by molar-refractivity contribution is 5.69. The molecule has 0 saturated heterocycles. The molecule has 5 unspecified atom stereocenters. The van der Waals surface area contributed by atoms with Crippen LogP contribution in [0.3, 0.4) is 0 Å². The van der Waals surface area contributed by atoms with Crippen molar-refractivity contribution in [1.29, 1.82) is 0 Å². The molecule has 3 nitrogen and oxygen atoms in total. The lowest BCUT2D eigenvalue weighted by Gasteiger charge is -2.55. The summed E-state index contributed by atoms with van der Waals surface area (Å²) in [6.45, 7) is 2.50. The lowest BCUT2D eigenvalue weighted by Crippen LogP contribution is -2.47. The van der Waals surface area contributed by atoms with Crippen LogP contribution in [0.4, 0.5) is 26.3 Å². The number of rotatable bonds is 15. The van der Waals surface area contributed by atoms with Crippen molar-refractivity contribution < 1.29 is 41.4 Å². The molecule has 9 heteroatoms. The topological polar surface area (TPSA) is 57.5 Å². The molecule has 254 valence electrons. The molecule has 4 aliphatic carbocycles. The van der Waals surface area contributed by atoms with Crippen LogP contribution in [0.2, 0.25) is 0 Å². The number of phenols is 1. The predicted octanol–water partition coefficient (Wildman–Crippen LogP) is 11.3. The van der Waals surface area contributed by atoms with Crippen molar-refractivity contribution in [2.45, 2.75) is 147 Å². The summed E-state index contributed by atoms with van der Waals surface area (Å²) in [6.07, 6.45) is 5.98. The molecule has 1 spiro atoms. The number of carbonyl (C=O) groups is 1. The first kappa shape index (κ1) is 34.4. The molecule has 0 aromatic heterocycles. The van der Waals surface area contributed by atoms with Crippen LogP contribution in [0.25, 0.3) is 0 Å². The number of unbranched alkanes of at least 4 members (excludes halogenated alkanes) is 6. The minimum Gasteiger partial charge on any atom is -0.508 e. The van der Waals surface area contributed by atoms with E-state index in [-0.39, 0.29) is 24.5 Å². The number of aliphatic carboxylic acids is 1. The molecule has 5 rings (SSSR count). The zero-order chi connectivity index (χ0) is 32.6. The van der Waals surface area contributed by atoms with Gasteiger partial charge in [-0.1, -0.05) is 57.9 Å². The van der Waals surface area contributed by atoms with Crippen LogP contribution < -0.4 is 0 Å². The number of alkyl halides is 6. The van der Waals surface area contributed by atoms with Gasteiger partial charge in [-0.25, -0.2) is 4.39 Å². The molecule has 45 heavy (non-hydrogen) atoms. The SMILES string of the molecule is C[C@]12CCC3c4ccc(O)cc4C(F)[C@@H](CCCCCCCCCC(CCCC(F)(F)C(F)(F)F)C(=O)O)C3C1CCC21CC1. The summed E-state index contributed by atoms with van der Waals surface area (Å²) in [5.74, 6) is -5.50. The summed E-state index contributed by atoms with van der Waals surface area (Å²) < 4.78 is 79.7. The van der Waals surface area contributed by atoms with Crippen LogP contribution in [0.15, 0.2) is 18.2 Å². The molecule has 0 heterocycles. The van der Waals surface area contributed by atoms with Crippen LogP contribution >= 0.6 is 0 Å². The Hall–Kier alpha value is -1.93. The molecule has 2 N–H and O–H groups in total. The maximum absolute atomic E-state index is 16.4. The van der Waals surface area contributed by atoms with E-state index in [1.807, 2.05) is 6.07 Å². The van der Waals surface area contributed by atoms with Gasteiger partial charge in [-0.15, -0.1) is 0 Å². The number of benzene rings is 1. The second-order valence-corrected chi connectivity index (χ2v) is 15.1. The number of carboxylic acid groups (broad SMARTS) is 1. The highest BCUT2D eigenvalue weighted by atomic mass is 19.4. The number of fused-ring (bicyclic) bond motifs is 6. The average Bonchev–Trinajstić information content (AvgIpc) is 3.71. The van der Waals surface area contributed by atoms with Gasteiger partial charge in [0.25, 0.3) is 0 Å². The van der Waals surface area contributed by atoms with E-state index < -0.39 is 43.0 Å². The Balaban J connectivity index is 1.06. The smallest absolute Gasteiger partial charge is 0.453 e. The molecule has 1 aromatic rings. The van der Waals surface area contributed by atoms with Gasteiger partial charge in [0, 0.05) is 6.42 Å². The van der Waals surface area contributed by atoms with Crippen molar-refractivity contribution in [2.75, 3.05) is 0 Å². The lowest BCUT2D eigenvalue weighted by atomic mass is 9.50. The fourth-order valence-electron chi connectivity index (χ4n) is 10.0. The molecule has 0 aliphatic heterocycles. The van der Waals surface area contributed by atoms with Crippen molar-refractivity contribution in [1.82, 2.24) is 0 Å². The second-order valence-electron chi connectivity index (χ2n) is 15.1. The standard InChI is InChI=1S/C36H50F6O3/c1-33-18-15-26-25-14-13-24(43)22-28(25)31(37)27(30(26)29(33)16-19-34(33)20-21-34)12-8-6-4-2-3-5-7-10-23(32(44)45)11-9-17-35(38,39)36(40,41)42/h13-14,22-23,26-27,29-31,43H,2-12,15-21H2,1H3,(H,44,45)/t23?,26?,27-,29?,30?,31?,33-/m0/s1. The van der Waals surface area contributed by atoms with Crippen molar-refractivity contribution in [3.63, 3.8) is 0 Å². The fourth-order valence-corrected chi connectivity index (χ4v) is 10.0. The van der Waals surface area contributed by atoms with Gasteiger partial charge in [-0.2, -0.15) is 22.0 Å². The Morgan fingerprint density at radius 1 is 0.889 bits per heavy atom. The summed E-state index contributed by atoms with van der Waals surface area (Å²) in [6, 6.07) is 5.34. The Labute approximate surface area is 263 Å². The number of carboxylic acids is 1. The van der Waals surface area contributed by atoms with E-state index >= 15 is 4.39 Å². The minimum absolute atomic E-state index is 0.0353. The van der Waals surface area contributed by atoms with Gasteiger partial charge < -0.3 is 10.2 Å². The van der Waals surface area contributed by atoms with Crippen LogP contribution in [-0.2, 0) is 4.79 Å². The van der Waals surface area contributed by atoms with Crippen LogP contribution in [-0.4, -0.2) is 28.3 Å². The van der Waals surface area contributed by atoms with Crippen molar-refractivity contribution in [2.24, 2.45) is 34.5 Å². The highest BCUT2D eigenvalue weighted by Gasteiger charge is 2.67. The van der Waals surface area contributed by atoms with Gasteiger partial charge in [-0.05, 0) is 122 Å². The average molecular weight is 645 g/mol. The second kappa shape index (κ2) is 13.3. The molecule has 1 aromatic carbocycles. The summed E-state index contributed by atoms with van der Waals surface area (Å²) >= 11 is 0. The molecule has 0 radical (unpaired) electrons. The summed E-state index contributed by atoms with van der Waals surface area (Å²) in [7, 11) is 0. The quantitative estimate of drug-likeness (QED) is 0.148. The Morgan fingerprint density at radius 3 is 2.18 bits per heavy atom. The molecule has 3 saturated carbocycles. The maximum Gasteiger partial charge on any atom is 0.453 e. The van der Waals surface area contributed by atoms with Gasteiger partial charge in [-0.3, -0.25) is 4.79 Å². The van der Waals surface area contributed by atoms with Crippen molar-refractivity contribution in [3.8, 4) is 5.75 Å². The number of hydrogen-bond donors (Lipinski definition) is 2. The number of phenolic OH excluding ortho intramolecular Hbond substituents is 1. The van der Waals surface area contributed by atoms with Gasteiger partial charge in [0.2, 0.25) is 0 Å². The van der Waals surface area contributed by atoms with E-state index in [2.05, 4.69) is 6.92 Å². The van der Waals surface area contributed by atoms with E-state index in [1.165, 1.54) is 32.1 Å². The third kappa shape index (κ3) is 6.88. The monoisotopic (exact) mass is 644 g/mol. The highest BCUT2D eigenvalue weighted by Crippen LogP contribution is 2.77. The van der Waals surface area contributed by atoms with Crippen molar-refractivity contribution in [3.05, 3.63) is 29.3 Å². The number of halogens is 6. The Bertz CT molecular complexity index is 1180. The normalized spacial score (nSPS) is 30.9.